The van der Waals surface area contributed by atoms with Gasteiger partial charge in [-0.25, -0.2) is 0 Å². The van der Waals surface area contributed by atoms with Crippen LogP contribution in [0.15, 0.2) is 25.2 Å². The predicted molar refractivity (Wildman–Crippen MR) is 39.6 cm³/mol. The van der Waals surface area contributed by atoms with Gasteiger partial charge in [0.2, 0.25) is 0 Å². The fourth-order valence-electron chi connectivity index (χ4n) is 0.373. The van der Waals surface area contributed by atoms with Gasteiger partial charge in [-0.05, 0) is 0 Å². The fraction of sp³-hybridized carbons (Fsp3) is 0.333. The largest absolute Gasteiger partial charge is 0.449 e. The van der Waals surface area contributed by atoms with Gasteiger partial charge in [-0.15, -0.1) is 0 Å². The third-order valence-corrected chi connectivity index (χ3v) is 2.92. The molecule has 1 atom stereocenters. The minimum absolute atomic E-state index is 0.475. The maximum absolute atomic E-state index is 11.1. The van der Waals surface area contributed by atoms with Gasteiger partial charge in [0.05, 0.1) is 6.26 Å². The Morgan fingerprint density at radius 2 is 2.22 bits per heavy atom. The lowest BCUT2D eigenvalue weighted by Gasteiger charge is -2.08. The molecule has 0 bridgehead atoms. The van der Waals surface area contributed by atoms with E-state index in [4.69, 9.17) is 4.52 Å². The Morgan fingerprint density at radius 3 is 2.33 bits per heavy atom. The average molecular weight is 146 g/mol. The zero-order valence-electron chi connectivity index (χ0n) is 5.54. The first-order valence-corrected chi connectivity index (χ1v) is 4.58. The van der Waals surface area contributed by atoms with E-state index in [0.717, 1.165) is 0 Å². The highest BCUT2D eigenvalue weighted by Gasteiger charge is 2.12. The van der Waals surface area contributed by atoms with Crippen LogP contribution in [0.25, 0.3) is 0 Å². The summed E-state index contributed by atoms with van der Waals surface area (Å²) in [5, 5.41) is 0. The summed E-state index contributed by atoms with van der Waals surface area (Å²) in [5.74, 6) is 1.34. The maximum atomic E-state index is 11.1. The topological polar surface area (TPSA) is 26.3 Å². The first-order chi connectivity index (χ1) is 4.18. The fourth-order valence-corrected chi connectivity index (χ4v) is 1.12. The number of hydrogen-bond donors (Lipinski definition) is 0. The zero-order valence-corrected chi connectivity index (χ0v) is 6.43. The summed E-state index contributed by atoms with van der Waals surface area (Å²) in [5.41, 5.74) is 0. The molecule has 2 nitrogen and oxygen atoms in total. The molecule has 0 aliphatic rings. The molecule has 0 saturated carbocycles. The quantitative estimate of drug-likeness (QED) is 0.450. The van der Waals surface area contributed by atoms with Gasteiger partial charge in [-0.1, -0.05) is 20.1 Å². The van der Waals surface area contributed by atoms with E-state index >= 15 is 0 Å². The van der Waals surface area contributed by atoms with E-state index < -0.39 is 7.37 Å². The van der Waals surface area contributed by atoms with Crippen LogP contribution in [0.2, 0.25) is 0 Å². The monoisotopic (exact) mass is 146 g/mol. The molecule has 0 spiro atoms. The molecule has 0 aliphatic carbocycles. The van der Waals surface area contributed by atoms with Crippen LogP contribution >= 0.6 is 7.37 Å². The summed E-state index contributed by atoms with van der Waals surface area (Å²) in [4.78, 5) is 0. The van der Waals surface area contributed by atoms with Gasteiger partial charge >= 0.3 is 0 Å². The molecule has 0 aromatic carbocycles. The lowest BCUT2D eigenvalue weighted by Crippen LogP contribution is -1.81. The van der Waals surface area contributed by atoms with Crippen molar-refractivity contribution in [1.29, 1.82) is 0 Å². The van der Waals surface area contributed by atoms with E-state index in [1.807, 2.05) is 0 Å². The minimum Gasteiger partial charge on any atom is -0.449 e. The molecular weight excluding hydrogens is 135 g/mol. The van der Waals surface area contributed by atoms with E-state index in [1.165, 1.54) is 12.1 Å². The summed E-state index contributed by atoms with van der Waals surface area (Å²) in [6, 6.07) is 0. The maximum Gasteiger partial charge on any atom is 0.268 e. The molecule has 0 aromatic rings. The first-order valence-electron chi connectivity index (χ1n) is 2.70. The normalized spacial score (nSPS) is 15.7. The highest BCUT2D eigenvalue weighted by molar-refractivity contribution is 7.62. The summed E-state index contributed by atoms with van der Waals surface area (Å²) < 4.78 is 15.9. The van der Waals surface area contributed by atoms with E-state index in [9.17, 15) is 4.57 Å². The van der Waals surface area contributed by atoms with Crippen molar-refractivity contribution in [2.75, 3.05) is 6.16 Å². The molecule has 0 saturated heterocycles. The predicted octanol–water partition coefficient (Wildman–Crippen LogP) is 2.59. The van der Waals surface area contributed by atoms with Crippen LogP contribution in [0.3, 0.4) is 0 Å². The van der Waals surface area contributed by atoms with Gasteiger partial charge in [0.1, 0.15) is 0 Å². The van der Waals surface area contributed by atoms with Crippen LogP contribution in [-0.2, 0) is 9.09 Å². The molecule has 9 heavy (non-hydrogen) atoms. The van der Waals surface area contributed by atoms with Crippen molar-refractivity contribution in [2.24, 2.45) is 0 Å². The highest BCUT2D eigenvalue weighted by atomic mass is 31.2. The molecular formula is C6H11O2P. The lowest BCUT2D eigenvalue weighted by molar-refractivity contribution is 0.452. The van der Waals surface area contributed by atoms with Crippen molar-refractivity contribution in [1.82, 2.24) is 0 Å². The van der Waals surface area contributed by atoms with Crippen LogP contribution in [0.5, 0.6) is 0 Å². The third kappa shape index (κ3) is 2.52. The van der Waals surface area contributed by atoms with Crippen LogP contribution in [-0.4, -0.2) is 6.16 Å². The Balaban J connectivity index is 4.09. The average Bonchev–Trinajstić information content (AvgIpc) is 1.89. The molecule has 52 valence electrons. The molecule has 0 heterocycles. The molecule has 0 radical (unpaired) electrons. The van der Waals surface area contributed by atoms with E-state index in [-0.39, 0.29) is 0 Å². The standard InChI is InChI=1S/C6H11O2P/c1-4-8-9(7,5-2)6-3/h4-5H,1-2,6H2,3H3. The van der Waals surface area contributed by atoms with Crippen molar-refractivity contribution in [2.45, 2.75) is 6.92 Å². The van der Waals surface area contributed by atoms with E-state index in [1.54, 1.807) is 6.92 Å². The summed E-state index contributed by atoms with van der Waals surface area (Å²) >= 11 is 0. The van der Waals surface area contributed by atoms with Crippen molar-refractivity contribution in [3.63, 3.8) is 0 Å². The second-order valence-electron chi connectivity index (χ2n) is 1.50. The Morgan fingerprint density at radius 1 is 1.67 bits per heavy atom. The Hall–Kier alpha value is -0.490. The van der Waals surface area contributed by atoms with Gasteiger partial charge < -0.3 is 4.52 Å². The molecule has 3 heteroatoms. The number of hydrogen-bond acceptors (Lipinski definition) is 2. The molecule has 0 aliphatic heterocycles. The highest BCUT2D eigenvalue weighted by Crippen LogP contribution is 2.47. The second kappa shape index (κ2) is 3.52. The molecule has 0 rings (SSSR count). The van der Waals surface area contributed by atoms with E-state index in [2.05, 4.69) is 13.2 Å². The van der Waals surface area contributed by atoms with Crippen molar-refractivity contribution < 1.29 is 9.09 Å². The molecule has 0 fully saturated rings. The molecule has 1 unspecified atom stereocenters. The summed E-state index contributed by atoms with van der Waals surface area (Å²) in [6.45, 7) is 8.47. The lowest BCUT2D eigenvalue weighted by atomic mass is 11.0. The first kappa shape index (κ1) is 8.51. The molecule has 0 aromatic heterocycles. The Kier molecular flexibility index (Phi) is 3.33. The summed E-state index contributed by atoms with van der Waals surface area (Å²) in [6.07, 6.45) is 1.66. The Bertz CT molecular complexity index is 151. The van der Waals surface area contributed by atoms with Gasteiger partial charge in [-0.3, -0.25) is 4.57 Å². The van der Waals surface area contributed by atoms with E-state index in [0.29, 0.717) is 6.16 Å². The van der Waals surface area contributed by atoms with Crippen LogP contribution in [0.4, 0.5) is 0 Å². The Labute approximate surface area is 55.7 Å². The SMILES string of the molecule is C=COP(=O)(C=C)CC. The molecule has 0 amide bonds. The smallest absolute Gasteiger partial charge is 0.268 e. The minimum atomic E-state index is -2.54. The molecule has 0 N–H and O–H groups in total. The van der Waals surface area contributed by atoms with Crippen molar-refractivity contribution in [3.8, 4) is 0 Å². The van der Waals surface area contributed by atoms with Crippen LogP contribution < -0.4 is 0 Å². The van der Waals surface area contributed by atoms with Gasteiger partial charge in [0.25, 0.3) is 7.37 Å². The second-order valence-corrected chi connectivity index (χ2v) is 4.16. The zero-order chi connectivity index (χ0) is 7.33. The van der Waals surface area contributed by atoms with Crippen molar-refractivity contribution >= 4 is 7.37 Å². The summed E-state index contributed by atoms with van der Waals surface area (Å²) in [7, 11) is -2.54. The van der Waals surface area contributed by atoms with Crippen LogP contribution in [0.1, 0.15) is 6.92 Å². The van der Waals surface area contributed by atoms with Gasteiger partial charge in [0, 0.05) is 12.0 Å². The van der Waals surface area contributed by atoms with Crippen LogP contribution in [0, 0.1) is 0 Å². The van der Waals surface area contributed by atoms with Gasteiger partial charge in [-0.2, -0.15) is 0 Å². The van der Waals surface area contributed by atoms with Gasteiger partial charge in [0.15, 0.2) is 0 Å². The number of rotatable bonds is 4. The van der Waals surface area contributed by atoms with Crippen molar-refractivity contribution in [3.05, 3.63) is 25.2 Å². The third-order valence-electron chi connectivity index (χ3n) is 0.972.